The molecule has 0 saturated carbocycles. The second kappa shape index (κ2) is 6.65. The number of halogens is 2. The van der Waals surface area contributed by atoms with Gasteiger partial charge in [0.1, 0.15) is 0 Å². The summed E-state index contributed by atoms with van der Waals surface area (Å²) in [6, 6.07) is 5.68. The van der Waals surface area contributed by atoms with Crippen molar-refractivity contribution >= 4 is 27.5 Å². The Labute approximate surface area is 131 Å². The molecule has 1 atom stereocenters. The minimum absolute atomic E-state index is 0.0712. The molecule has 0 amide bonds. The van der Waals surface area contributed by atoms with Crippen LogP contribution in [0.2, 0.25) is 5.02 Å². The number of nitrogens with one attached hydrogen (secondary N) is 1. The first-order valence-electron chi connectivity index (χ1n) is 6.46. The van der Waals surface area contributed by atoms with Crippen LogP contribution in [0.25, 0.3) is 5.69 Å². The zero-order chi connectivity index (χ0) is 14.7. The van der Waals surface area contributed by atoms with Crippen molar-refractivity contribution < 1.29 is 0 Å². The maximum absolute atomic E-state index is 6.01. The van der Waals surface area contributed by atoms with E-state index < -0.39 is 0 Å². The van der Waals surface area contributed by atoms with Gasteiger partial charge in [0.2, 0.25) is 0 Å². The predicted octanol–water partition coefficient (Wildman–Crippen LogP) is 3.38. The van der Waals surface area contributed by atoms with Crippen LogP contribution in [0.5, 0.6) is 0 Å². The van der Waals surface area contributed by atoms with E-state index in [0.717, 1.165) is 22.5 Å². The second-order valence-corrected chi connectivity index (χ2v) is 6.33. The molecule has 108 valence electrons. The van der Waals surface area contributed by atoms with E-state index in [1.54, 1.807) is 4.68 Å². The standard InChI is InChI=1S/C13H17BrClN5/c1-8(2)7-16-9(3)13-17-18-19-20(13)10-4-5-12(15)11(14)6-10/h4-6,8-9,16H,7H2,1-3H3. The SMILES string of the molecule is CC(C)CNC(C)c1nnnn1-c1ccc(Cl)c(Br)c1. The number of benzene rings is 1. The molecule has 20 heavy (non-hydrogen) atoms. The lowest BCUT2D eigenvalue weighted by Crippen LogP contribution is -2.25. The van der Waals surface area contributed by atoms with E-state index in [9.17, 15) is 0 Å². The number of nitrogens with zero attached hydrogens (tertiary/aromatic N) is 4. The van der Waals surface area contributed by atoms with E-state index in [4.69, 9.17) is 11.6 Å². The molecule has 0 saturated heterocycles. The highest BCUT2D eigenvalue weighted by Gasteiger charge is 2.16. The Hall–Kier alpha value is -0.980. The van der Waals surface area contributed by atoms with E-state index in [-0.39, 0.29) is 6.04 Å². The second-order valence-electron chi connectivity index (χ2n) is 5.07. The van der Waals surface area contributed by atoms with Gasteiger partial charge in [-0.2, -0.15) is 4.68 Å². The Morgan fingerprint density at radius 3 is 2.75 bits per heavy atom. The lowest BCUT2D eigenvalue weighted by Gasteiger charge is -2.15. The maximum atomic E-state index is 6.01. The van der Waals surface area contributed by atoms with Crippen molar-refractivity contribution in [2.45, 2.75) is 26.8 Å². The van der Waals surface area contributed by atoms with Crippen molar-refractivity contribution in [2.75, 3.05) is 6.54 Å². The molecule has 1 aromatic carbocycles. The van der Waals surface area contributed by atoms with Crippen LogP contribution in [-0.2, 0) is 0 Å². The maximum Gasteiger partial charge on any atom is 0.173 e. The van der Waals surface area contributed by atoms with E-state index in [2.05, 4.69) is 57.5 Å². The summed E-state index contributed by atoms with van der Waals surface area (Å²) in [5, 5.41) is 16.0. The molecule has 1 N–H and O–H groups in total. The van der Waals surface area contributed by atoms with Gasteiger partial charge in [-0.25, -0.2) is 0 Å². The van der Waals surface area contributed by atoms with Crippen molar-refractivity contribution in [1.82, 2.24) is 25.5 Å². The van der Waals surface area contributed by atoms with Crippen LogP contribution in [0.1, 0.15) is 32.6 Å². The summed E-state index contributed by atoms with van der Waals surface area (Å²) in [7, 11) is 0. The molecule has 2 aromatic rings. The topological polar surface area (TPSA) is 55.6 Å². The fourth-order valence-corrected chi connectivity index (χ4v) is 2.25. The molecule has 0 radical (unpaired) electrons. The Kier molecular flexibility index (Phi) is 5.12. The molecule has 1 unspecified atom stereocenters. The van der Waals surface area contributed by atoms with Crippen molar-refractivity contribution in [3.05, 3.63) is 33.5 Å². The van der Waals surface area contributed by atoms with Gasteiger partial charge in [-0.15, -0.1) is 5.10 Å². The smallest absolute Gasteiger partial charge is 0.173 e. The van der Waals surface area contributed by atoms with Crippen molar-refractivity contribution in [3.63, 3.8) is 0 Å². The minimum atomic E-state index is 0.0712. The van der Waals surface area contributed by atoms with Crippen LogP contribution in [0.4, 0.5) is 0 Å². The summed E-state index contributed by atoms with van der Waals surface area (Å²) in [5.41, 5.74) is 0.875. The van der Waals surface area contributed by atoms with Gasteiger partial charge in [-0.05, 0) is 63.9 Å². The Morgan fingerprint density at radius 1 is 1.35 bits per heavy atom. The molecule has 0 spiro atoms. The monoisotopic (exact) mass is 357 g/mol. The largest absolute Gasteiger partial charge is 0.307 e. The van der Waals surface area contributed by atoms with Crippen LogP contribution in [0.3, 0.4) is 0 Å². The molecular weight excluding hydrogens is 342 g/mol. The summed E-state index contributed by atoms with van der Waals surface area (Å²) in [6.07, 6.45) is 0. The van der Waals surface area contributed by atoms with Gasteiger partial charge in [0.05, 0.1) is 16.8 Å². The van der Waals surface area contributed by atoms with Gasteiger partial charge in [0, 0.05) is 4.47 Å². The lowest BCUT2D eigenvalue weighted by molar-refractivity contribution is 0.475. The third-order valence-electron chi connectivity index (χ3n) is 2.86. The zero-order valence-corrected chi connectivity index (χ0v) is 14.0. The van der Waals surface area contributed by atoms with Gasteiger partial charge in [0.25, 0.3) is 0 Å². The molecule has 0 bridgehead atoms. The molecule has 0 aliphatic heterocycles. The minimum Gasteiger partial charge on any atom is -0.307 e. The van der Waals surface area contributed by atoms with Crippen molar-refractivity contribution in [3.8, 4) is 5.69 Å². The zero-order valence-electron chi connectivity index (χ0n) is 11.6. The molecule has 5 nitrogen and oxygen atoms in total. The molecule has 2 rings (SSSR count). The quantitative estimate of drug-likeness (QED) is 0.890. The Bertz CT molecular complexity index is 584. The fraction of sp³-hybridized carbons (Fsp3) is 0.462. The summed E-state index contributed by atoms with van der Waals surface area (Å²) in [6.45, 7) is 7.30. The number of tetrazole rings is 1. The summed E-state index contributed by atoms with van der Waals surface area (Å²) in [4.78, 5) is 0. The Morgan fingerprint density at radius 2 is 2.10 bits per heavy atom. The highest BCUT2D eigenvalue weighted by molar-refractivity contribution is 9.10. The molecule has 0 aliphatic carbocycles. The number of hydrogen-bond donors (Lipinski definition) is 1. The van der Waals surface area contributed by atoms with Crippen molar-refractivity contribution in [1.29, 1.82) is 0 Å². The third kappa shape index (κ3) is 3.56. The summed E-state index contributed by atoms with van der Waals surface area (Å²) >= 11 is 9.42. The number of aromatic nitrogens is 4. The predicted molar refractivity (Wildman–Crippen MR) is 83.1 cm³/mol. The normalized spacial score (nSPS) is 12.9. The molecular formula is C13H17BrClN5. The Balaban J connectivity index is 2.25. The highest BCUT2D eigenvalue weighted by Crippen LogP contribution is 2.25. The molecule has 1 heterocycles. The molecule has 7 heteroatoms. The number of hydrogen-bond acceptors (Lipinski definition) is 4. The van der Waals surface area contributed by atoms with Crippen LogP contribution in [-0.4, -0.2) is 26.8 Å². The first-order chi connectivity index (χ1) is 9.49. The van der Waals surface area contributed by atoms with Crippen LogP contribution >= 0.6 is 27.5 Å². The summed E-state index contributed by atoms with van der Waals surface area (Å²) < 4.78 is 2.54. The lowest BCUT2D eigenvalue weighted by atomic mass is 10.2. The highest BCUT2D eigenvalue weighted by atomic mass is 79.9. The average molecular weight is 359 g/mol. The van der Waals surface area contributed by atoms with E-state index in [0.29, 0.717) is 10.9 Å². The van der Waals surface area contributed by atoms with Gasteiger partial charge in [-0.3, -0.25) is 0 Å². The first-order valence-corrected chi connectivity index (χ1v) is 7.63. The van der Waals surface area contributed by atoms with Gasteiger partial charge >= 0.3 is 0 Å². The number of rotatable bonds is 5. The van der Waals surface area contributed by atoms with Gasteiger partial charge in [-0.1, -0.05) is 25.4 Å². The average Bonchev–Trinajstić information content (AvgIpc) is 2.88. The van der Waals surface area contributed by atoms with Crippen molar-refractivity contribution in [2.24, 2.45) is 5.92 Å². The van der Waals surface area contributed by atoms with E-state index in [1.165, 1.54) is 0 Å². The first kappa shape index (κ1) is 15.4. The van der Waals surface area contributed by atoms with E-state index in [1.807, 2.05) is 18.2 Å². The van der Waals surface area contributed by atoms with Crippen LogP contribution in [0.15, 0.2) is 22.7 Å². The van der Waals surface area contributed by atoms with Crippen LogP contribution in [0, 0.1) is 5.92 Å². The molecule has 0 fully saturated rings. The van der Waals surface area contributed by atoms with Gasteiger partial charge < -0.3 is 5.32 Å². The summed E-state index contributed by atoms with van der Waals surface area (Å²) in [5.74, 6) is 1.35. The van der Waals surface area contributed by atoms with E-state index >= 15 is 0 Å². The molecule has 1 aromatic heterocycles. The van der Waals surface area contributed by atoms with Crippen LogP contribution < -0.4 is 5.32 Å². The van der Waals surface area contributed by atoms with Gasteiger partial charge in [0.15, 0.2) is 5.82 Å². The third-order valence-corrected chi connectivity index (χ3v) is 4.07. The molecule has 0 aliphatic rings. The fourth-order valence-electron chi connectivity index (χ4n) is 1.77.